The number of aromatic nitrogens is 2. The molecule has 1 aliphatic carbocycles. The van der Waals surface area contributed by atoms with Gasteiger partial charge >= 0.3 is 0 Å². The van der Waals surface area contributed by atoms with E-state index in [1.54, 1.807) is 29.9 Å². The molecule has 148 valence electrons. The average Bonchev–Trinajstić information content (AvgIpc) is 3.29. The Labute approximate surface area is 160 Å². The van der Waals surface area contributed by atoms with Gasteiger partial charge < -0.3 is 20.0 Å². The van der Waals surface area contributed by atoms with Crippen molar-refractivity contribution in [2.24, 2.45) is 12.0 Å². The Bertz CT molecular complexity index is 706. The highest BCUT2D eigenvalue weighted by Gasteiger charge is 2.29. The summed E-state index contributed by atoms with van der Waals surface area (Å²) in [5.74, 6) is 0.617. The molecule has 27 heavy (non-hydrogen) atoms. The van der Waals surface area contributed by atoms with Gasteiger partial charge in [0.05, 0.1) is 11.9 Å². The summed E-state index contributed by atoms with van der Waals surface area (Å²) < 4.78 is 1.69. The van der Waals surface area contributed by atoms with Crippen LogP contribution in [-0.2, 0) is 16.6 Å². The van der Waals surface area contributed by atoms with Gasteiger partial charge in [-0.15, -0.1) is 0 Å². The predicted molar refractivity (Wildman–Crippen MR) is 104 cm³/mol. The van der Waals surface area contributed by atoms with Crippen LogP contribution in [0.2, 0.25) is 0 Å². The van der Waals surface area contributed by atoms with Crippen LogP contribution in [0.15, 0.2) is 17.4 Å². The molecule has 2 fully saturated rings. The first kappa shape index (κ1) is 19.2. The molecule has 1 aromatic heterocycles. The minimum Gasteiger partial charge on any atom is -0.353 e. The Morgan fingerprint density at radius 2 is 2.07 bits per heavy atom. The van der Waals surface area contributed by atoms with E-state index in [0.29, 0.717) is 25.1 Å². The highest BCUT2D eigenvalue weighted by molar-refractivity contribution is 5.98. The molecule has 0 unspecified atom stereocenters. The van der Waals surface area contributed by atoms with Crippen LogP contribution in [-0.4, -0.2) is 83.7 Å². The van der Waals surface area contributed by atoms with Crippen LogP contribution in [0.5, 0.6) is 0 Å². The molecule has 9 nitrogen and oxygen atoms in total. The quantitative estimate of drug-likeness (QED) is 0.593. The molecular formula is C18H29N7O2. The van der Waals surface area contributed by atoms with E-state index in [9.17, 15) is 9.59 Å². The average molecular weight is 375 g/mol. The zero-order valence-corrected chi connectivity index (χ0v) is 16.4. The smallest absolute Gasteiger partial charge is 0.246 e. The first-order valence-corrected chi connectivity index (χ1v) is 9.49. The number of likely N-dealkylation sites (N-methyl/N-ethyl adjacent to an activating group) is 1. The van der Waals surface area contributed by atoms with Crippen LogP contribution in [0, 0.1) is 0 Å². The molecule has 2 heterocycles. The standard InChI is InChI=1S/C18H29N7O2/c1-22(2)16(26)11-19-18(21-14-6-4-5-7-14)24-8-9-25(17(27)13-24)15-10-20-23(3)12-15/h10,12,14H,4-9,11,13H2,1-3H3,(H,19,21). The van der Waals surface area contributed by atoms with Gasteiger partial charge in [-0.1, -0.05) is 12.8 Å². The summed E-state index contributed by atoms with van der Waals surface area (Å²) in [5.41, 5.74) is 0.812. The van der Waals surface area contributed by atoms with Gasteiger partial charge in [0.15, 0.2) is 5.96 Å². The number of rotatable bonds is 4. The lowest BCUT2D eigenvalue weighted by molar-refractivity contribution is -0.127. The van der Waals surface area contributed by atoms with Crippen LogP contribution >= 0.6 is 0 Å². The van der Waals surface area contributed by atoms with Gasteiger partial charge in [-0.3, -0.25) is 14.3 Å². The van der Waals surface area contributed by atoms with Crippen molar-refractivity contribution in [3.8, 4) is 0 Å². The lowest BCUT2D eigenvalue weighted by Gasteiger charge is -2.36. The molecule has 3 rings (SSSR count). The second kappa shape index (κ2) is 8.41. The third-order valence-electron chi connectivity index (χ3n) is 5.07. The Morgan fingerprint density at radius 1 is 1.33 bits per heavy atom. The molecule has 1 aromatic rings. The van der Waals surface area contributed by atoms with Gasteiger partial charge in [-0.05, 0) is 12.8 Å². The van der Waals surface area contributed by atoms with Crippen molar-refractivity contribution in [1.82, 2.24) is 24.9 Å². The molecular weight excluding hydrogens is 346 g/mol. The number of aryl methyl sites for hydroxylation is 1. The molecule has 1 saturated carbocycles. The number of carbonyl (C=O) groups is 2. The first-order valence-electron chi connectivity index (χ1n) is 9.49. The highest BCUT2D eigenvalue weighted by atomic mass is 16.2. The fourth-order valence-corrected chi connectivity index (χ4v) is 3.45. The lowest BCUT2D eigenvalue weighted by Crippen LogP contribution is -2.56. The maximum Gasteiger partial charge on any atom is 0.246 e. The lowest BCUT2D eigenvalue weighted by atomic mass is 10.2. The number of nitrogens with one attached hydrogen (secondary N) is 1. The fourth-order valence-electron chi connectivity index (χ4n) is 3.45. The summed E-state index contributed by atoms with van der Waals surface area (Å²) in [6.07, 6.45) is 8.16. The molecule has 0 radical (unpaired) electrons. The summed E-state index contributed by atoms with van der Waals surface area (Å²) in [4.78, 5) is 34.4. The Balaban J connectivity index is 1.69. The molecule has 1 saturated heterocycles. The minimum atomic E-state index is -0.0546. The molecule has 0 bridgehead atoms. The van der Waals surface area contributed by atoms with Crippen molar-refractivity contribution in [2.45, 2.75) is 31.7 Å². The summed E-state index contributed by atoms with van der Waals surface area (Å²) in [5, 5.41) is 7.62. The number of anilines is 1. The monoisotopic (exact) mass is 375 g/mol. The third kappa shape index (κ3) is 4.78. The number of hydrogen-bond donors (Lipinski definition) is 1. The maximum absolute atomic E-state index is 12.7. The van der Waals surface area contributed by atoms with E-state index in [1.165, 1.54) is 17.7 Å². The van der Waals surface area contributed by atoms with Crippen molar-refractivity contribution < 1.29 is 9.59 Å². The molecule has 0 spiro atoms. The molecule has 2 aliphatic rings. The third-order valence-corrected chi connectivity index (χ3v) is 5.07. The van der Waals surface area contributed by atoms with Gasteiger partial charge in [-0.2, -0.15) is 5.10 Å². The van der Waals surface area contributed by atoms with Crippen LogP contribution < -0.4 is 10.2 Å². The molecule has 0 atom stereocenters. The van der Waals surface area contributed by atoms with Crippen molar-refractivity contribution in [2.75, 3.05) is 45.2 Å². The largest absolute Gasteiger partial charge is 0.353 e. The van der Waals surface area contributed by atoms with Gasteiger partial charge in [0, 0.05) is 46.5 Å². The van der Waals surface area contributed by atoms with E-state index in [0.717, 1.165) is 18.5 Å². The summed E-state index contributed by atoms with van der Waals surface area (Å²) >= 11 is 0. The second-order valence-corrected chi connectivity index (χ2v) is 7.39. The highest BCUT2D eigenvalue weighted by Crippen LogP contribution is 2.19. The van der Waals surface area contributed by atoms with Crippen LogP contribution in [0.4, 0.5) is 5.69 Å². The molecule has 0 aromatic carbocycles. The van der Waals surface area contributed by atoms with E-state index in [2.05, 4.69) is 15.4 Å². The topological polar surface area (TPSA) is 86.1 Å². The van der Waals surface area contributed by atoms with E-state index < -0.39 is 0 Å². The molecule has 2 amide bonds. The summed E-state index contributed by atoms with van der Waals surface area (Å²) in [6.45, 7) is 1.55. The fraction of sp³-hybridized carbons (Fsp3) is 0.667. The number of aliphatic imine (C=N–C) groups is 1. The van der Waals surface area contributed by atoms with Crippen molar-refractivity contribution in [1.29, 1.82) is 0 Å². The number of piperazine rings is 1. The predicted octanol–water partition coefficient (Wildman–Crippen LogP) is 0.0451. The van der Waals surface area contributed by atoms with Gasteiger partial charge in [0.1, 0.15) is 13.1 Å². The SMILES string of the molecule is CN(C)C(=O)CN=C(NC1CCCC1)N1CCN(c2cnn(C)c2)C(=O)C1. The summed E-state index contributed by atoms with van der Waals surface area (Å²) in [7, 11) is 5.28. The zero-order chi connectivity index (χ0) is 19.4. The van der Waals surface area contributed by atoms with Gasteiger partial charge in [0.2, 0.25) is 11.8 Å². The number of amides is 2. The van der Waals surface area contributed by atoms with E-state index in [-0.39, 0.29) is 24.9 Å². The Kier molecular flexibility index (Phi) is 5.98. The zero-order valence-electron chi connectivity index (χ0n) is 16.4. The van der Waals surface area contributed by atoms with Crippen LogP contribution in [0.1, 0.15) is 25.7 Å². The molecule has 1 N–H and O–H groups in total. The Hall–Kier alpha value is -2.58. The van der Waals surface area contributed by atoms with Gasteiger partial charge in [0.25, 0.3) is 0 Å². The first-order chi connectivity index (χ1) is 12.9. The number of guanidine groups is 1. The molecule has 9 heteroatoms. The van der Waals surface area contributed by atoms with E-state index in [4.69, 9.17) is 0 Å². The van der Waals surface area contributed by atoms with Crippen molar-refractivity contribution >= 4 is 23.5 Å². The van der Waals surface area contributed by atoms with Crippen LogP contribution in [0.3, 0.4) is 0 Å². The molecule has 1 aliphatic heterocycles. The van der Waals surface area contributed by atoms with Crippen molar-refractivity contribution in [3.63, 3.8) is 0 Å². The second-order valence-electron chi connectivity index (χ2n) is 7.39. The maximum atomic E-state index is 12.7. The normalized spacial score (nSPS) is 18.9. The summed E-state index contributed by atoms with van der Waals surface area (Å²) in [6, 6.07) is 0.365. The number of hydrogen-bond acceptors (Lipinski definition) is 4. The number of carbonyl (C=O) groups excluding carboxylic acids is 2. The van der Waals surface area contributed by atoms with E-state index >= 15 is 0 Å². The van der Waals surface area contributed by atoms with Gasteiger partial charge in [-0.25, -0.2) is 4.99 Å². The Morgan fingerprint density at radius 3 is 2.67 bits per heavy atom. The van der Waals surface area contributed by atoms with Crippen molar-refractivity contribution in [3.05, 3.63) is 12.4 Å². The minimum absolute atomic E-state index is 0.00843. The van der Waals surface area contributed by atoms with Crippen LogP contribution in [0.25, 0.3) is 0 Å². The number of nitrogens with zero attached hydrogens (tertiary/aromatic N) is 6. The van der Waals surface area contributed by atoms with E-state index in [1.807, 2.05) is 18.1 Å².